The van der Waals surface area contributed by atoms with Gasteiger partial charge in [0.15, 0.2) is 0 Å². The second kappa shape index (κ2) is 6.74. The number of aromatic nitrogens is 1. The quantitative estimate of drug-likeness (QED) is 0.729. The molecule has 0 saturated carbocycles. The molecule has 0 aromatic carbocycles. The van der Waals surface area contributed by atoms with Gasteiger partial charge in [-0.2, -0.15) is 4.31 Å². The minimum Gasteiger partial charge on any atom is -0.262 e. The smallest absolute Gasteiger partial charge is 0.252 e. The molecule has 0 N–H and O–H groups in total. The second-order valence-corrected chi connectivity index (χ2v) is 6.51. The zero-order chi connectivity index (χ0) is 13.8. The van der Waals surface area contributed by atoms with Gasteiger partial charge in [-0.15, -0.1) is 11.6 Å². The van der Waals surface area contributed by atoms with Crippen LogP contribution in [0.4, 0.5) is 8.78 Å². The minimum absolute atomic E-state index is 0.0621. The van der Waals surface area contributed by atoms with Crippen LogP contribution in [-0.2, 0) is 10.0 Å². The van der Waals surface area contributed by atoms with Crippen molar-refractivity contribution in [2.45, 2.75) is 11.3 Å². The first kappa shape index (κ1) is 15.7. The van der Waals surface area contributed by atoms with Gasteiger partial charge in [0, 0.05) is 29.3 Å². The Hall–Kier alpha value is -0.310. The Morgan fingerprint density at radius 2 is 2.11 bits per heavy atom. The van der Waals surface area contributed by atoms with E-state index in [2.05, 4.69) is 20.9 Å². The highest BCUT2D eigenvalue weighted by atomic mass is 79.9. The van der Waals surface area contributed by atoms with E-state index in [0.29, 0.717) is 8.78 Å². The summed E-state index contributed by atoms with van der Waals surface area (Å²) in [5.74, 6) is -0.0621. The molecule has 0 aliphatic heterocycles. The highest BCUT2D eigenvalue weighted by Gasteiger charge is 2.27. The van der Waals surface area contributed by atoms with Crippen molar-refractivity contribution in [3.63, 3.8) is 0 Å². The van der Waals surface area contributed by atoms with E-state index in [1.165, 1.54) is 12.3 Å². The fourth-order valence-electron chi connectivity index (χ4n) is 1.24. The lowest BCUT2D eigenvalue weighted by atomic mass is 10.5. The van der Waals surface area contributed by atoms with Crippen molar-refractivity contribution >= 4 is 37.6 Å². The Kier molecular flexibility index (Phi) is 5.90. The third-order valence-corrected chi connectivity index (χ3v) is 4.43. The van der Waals surface area contributed by atoms with Crippen LogP contribution in [0.25, 0.3) is 0 Å². The van der Waals surface area contributed by atoms with Gasteiger partial charge in [0.25, 0.3) is 6.43 Å². The Morgan fingerprint density at radius 1 is 1.44 bits per heavy atom. The average Bonchev–Trinajstić information content (AvgIpc) is 2.28. The molecule has 0 fully saturated rings. The van der Waals surface area contributed by atoms with Gasteiger partial charge >= 0.3 is 0 Å². The minimum atomic E-state index is -4.00. The van der Waals surface area contributed by atoms with Gasteiger partial charge in [-0.05, 0) is 22.0 Å². The van der Waals surface area contributed by atoms with Crippen LogP contribution in [0.1, 0.15) is 0 Å². The van der Waals surface area contributed by atoms with Crippen molar-refractivity contribution in [1.29, 1.82) is 0 Å². The highest BCUT2D eigenvalue weighted by Crippen LogP contribution is 2.19. The van der Waals surface area contributed by atoms with Crippen LogP contribution in [0, 0.1) is 0 Å². The Labute approximate surface area is 117 Å². The van der Waals surface area contributed by atoms with Crippen LogP contribution in [0.5, 0.6) is 0 Å². The van der Waals surface area contributed by atoms with Crippen LogP contribution in [0.3, 0.4) is 0 Å². The molecule has 9 heteroatoms. The van der Waals surface area contributed by atoms with E-state index in [0.717, 1.165) is 6.20 Å². The maximum absolute atomic E-state index is 12.4. The Morgan fingerprint density at radius 3 is 2.61 bits per heavy atom. The first-order chi connectivity index (χ1) is 8.37. The fraction of sp³-hybridized carbons (Fsp3) is 0.444. The molecule has 18 heavy (non-hydrogen) atoms. The van der Waals surface area contributed by atoms with Gasteiger partial charge in [0.05, 0.1) is 6.54 Å². The standard InChI is InChI=1S/C9H10BrClF2N2O2S/c10-7-3-8(5-14-4-7)18(16,17)15(2-1-11)6-9(12)13/h3-5,9H,1-2,6H2. The fourth-order valence-corrected chi connectivity index (χ4v) is 3.47. The molecular weight excluding hydrogens is 354 g/mol. The van der Waals surface area contributed by atoms with Crippen LogP contribution in [-0.4, -0.2) is 43.1 Å². The van der Waals surface area contributed by atoms with Crippen molar-refractivity contribution in [2.75, 3.05) is 19.0 Å². The molecule has 1 aromatic rings. The summed E-state index contributed by atoms with van der Waals surface area (Å²) < 4.78 is 50.0. The van der Waals surface area contributed by atoms with E-state index in [1.54, 1.807) is 0 Å². The second-order valence-electron chi connectivity index (χ2n) is 3.28. The lowest BCUT2D eigenvalue weighted by molar-refractivity contribution is 0.121. The van der Waals surface area contributed by atoms with Gasteiger partial charge in [-0.3, -0.25) is 4.98 Å². The normalized spacial score (nSPS) is 12.3. The van der Waals surface area contributed by atoms with Gasteiger partial charge in [0.1, 0.15) is 4.90 Å². The number of alkyl halides is 3. The van der Waals surface area contributed by atoms with Crippen LogP contribution in [0.2, 0.25) is 0 Å². The molecule has 1 aromatic heterocycles. The van der Waals surface area contributed by atoms with Gasteiger partial charge in [0.2, 0.25) is 10.0 Å². The number of hydrogen-bond donors (Lipinski definition) is 0. The third-order valence-electron chi connectivity index (χ3n) is 1.99. The van der Waals surface area contributed by atoms with Crippen LogP contribution >= 0.6 is 27.5 Å². The summed E-state index contributed by atoms with van der Waals surface area (Å²) in [6, 6.07) is 1.30. The van der Waals surface area contributed by atoms with E-state index < -0.39 is 23.0 Å². The molecule has 0 unspecified atom stereocenters. The van der Waals surface area contributed by atoms with Gasteiger partial charge < -0.3 is 0 Å². The molecule has 0 amide bonds. The molecule has 4 nitrogen and oxygen atoms in total. The molecule has 0 atom stereocenters. The summed E-state index contributed by atoms with van der Waals surface area (Å²) in [6.07, 6.45) is -0.256. The summed E-state index contributed by atoms with van der Waals surface area (Å²) in [6.45, 7) is -1.07. The predicted molar refractivity (Wildman–Crippen MR) is 67.4 cm³/mol. The monoisotopic (exact) mass is 362 g/mol. The largest absolute Gasteiger partial charge is 0.262 e. The maximum atomic E-state index is 12.4. The summed E-state index contributed by atoms with van der Waals surface area (Å²) >= 11 is 8.50. The SMILES string of the molecule is O=S(=O)(c1cncc(Br)c1)N(CCCl)CC(F)F. The summed E-state index contributed by atoms with van der Waals surface area (Å²) in [5, 5.41) is 0. The van der Waals surface area contributed by atoms with Crippen molar-refractivity contribution < 1.29 is 17.2 Å². The summed E-state index contributed by atoms with van der Waals surface area (Å²) in [5.41, 5.74) is 0. The molecule has 1 rings (SSSR count). The molecule has 102 valence electrons. The third kappa shape index (κ3) is 4.11. The number of nitrogens with zero attached hydrogens (tertiary/aromatic N) is 2. The lowest BCUT2D eigenvalue weighted by Crippen LogP contribution is -2.36. The number of rotatable bonds is 6. The van der Waals surface area contributed by atoms with Crippen molar-refractivity contribution in [3.05, 3.63) is 22.9 Å². The van der Waals surface area contributed by atoms with E-state index in [-0.39, 0.29) is 17.3 Å². The Balaban J connectivity index is 3.08. The summed E-state index contributed by atoms with van der Waals surface area (Å²) in [7, 11) is -4.00. The molecule has 0 bridgehead atoms. The first-order valence-corrected chi connectivity index (χ1v) is 7.59. The predicted octanol–water partition coefficient (Wildman–Crippen LogP) is 2.34. The number of sulfonamides is 1. The average molecular weight is 364 g/mol. The molecule has 0 radical (unpaired) electrons. The van der Waals surface area contributed by atoms with Crippen LogP contribution in [0.15, 0.2) is 27.8 Å². The van der Waals surface area contributed by atoms with Gasteiger partial charge in [-0.1, -0.05) is 0 Å². The van der Waals surface area contributed by atoms with E-state index in [4.69, 9.17) is 11.6 Å². The zero-order valence-electron chi connectivity index (χ0n) is 9.06. The highest BCUT2D eigenvalue weighted by molar-refractivity contribution is 9.10. The number of halogens is 4. The number of pyridine rings is 1. The topological polar surface area (TPSA) is 50.3 Å². The molecular formula is C9H10BrClF2N2O2S. The van der Waals surface area contributed by atoms with E-state index >= 15 is 0 Å². The molecule has 0 aliphatic carbocycles. The maximum Gasteiger partial charge on any atom is 0.252 e. The first-order valence-electron chi connectivity index (χ1n) is 4.82. The molecule has 0 aliphatic rings. The Bertz CT molecular complexity index is 501. The summed E-state index contributed by atoms with van der Waals surface area (Å²) in [4.78, 5) is 3.55. The van der Waals surface area contributed by atoms with Crippen LogP contribution < -0.4 is 0 Å². The van der Waals surface area contributed by atoms with Crippen molar-refractivity contribution in [3.8, 4) is 0 Å². The van der Waals surface area contributed by atoms with Gasteiger partial charge in [-0.25, -0.2) is 17.2 Å². The lowest BCUT2D eigenvalue weighted by Gasteiger charge is -2.20. The van der Waals surface area contributed by atoms with E-state index in [9.17, 15) is 17.2 Å². The molecule has 1 heterocycles. The zero-order valence-corrected chi connectivity index (χ0v) is 12.2. The molecule has 0 spiro atoms. The molecule has 0 saturated heterocycles. The van der Waals surface area contributed by atoms with Crippen molar-refractivity contribution in [1.82, 2.24) is 9.29 Å². The van der Waals surface area contributed by atoms with Crippen molar-refractivity contribution in [2.24, 2.45) is 0 Å². The number of hydrogen-bond acceptors (Lipinski definition) is 3. The van der Waals surface area contributed by atoms with E-state index in [1.807, 2.05) is 0 Å².